The molecule has 20 N–H and O–H groups in total. The molecule has 780 valence electrons. The van der Waals surface area contributed by atoms with Gasteiger partial charge in [0, 0.05) is 135 Å². The number of urea groups is 2. The number of nitrogens with one attached hydrogen (secondary N) is 12. The molecule has 0 fully saturated rings. The maximum absolute atomic E-state index is 13.6. The van der Waals surface area contributed by atoms with E-state index in [1.807, 2.05) is 65.2 Å². The van der Waals surface area contributed by atoms with Crippen molar-refractivity contribution in [1.29, 1.82) is 0 Å². The highest BCUT2D eigenvalue weighted by Gasteiger charge is 2.33. The normalized spacial score (nSPS) is 12.8. The summed E-state index contributed by atoms with van der Waals surface area (Å²) in [6.07, 6.45) is 23.5. The van der Waals surface area contributed by atoms with Crippen molar-refractivity contribution >= 4 is 141 Å². The number of carbonyl (C=O) groups excluding carboxylic acids is 14. The molecule has 2 aliphatic heterocycles. The fraction of sp³-hybridized carbons (Fsp3) is 0.491. The van der Waals surface area contributed by atoms with Crippen molar-refractivity contribution in [3.05, 3.63) is 178 Å². The van der Waals surface area contributed by atoms with E-state index in [2.05, 4.69) is 111 Å². The van der Waals surface area contributed by atoms with Crippen LogP contribution < -0.4 is 86.7 Å². The van der Waals surface area contributed by atoms with E-state index in [0.717, 1.165) is 89.9 Å². The van der Waals surface area contributed by atoms with E-state index >= 15 is 0 Å². The third kappa shape index (κ3) is 42.3. The molecule has 4 aromatic carbocycles. The van der Waals surface area contributed by atoms with Crippen molar-refractivity contribution in [2.45, 2.75) is 275 Å². The second-order valence-electron chi connectivity index (χ2n) is 37.6. The molecule has 4 atom stereocenters. The molecule has 38 heteroatoms. The number of amidine groups is 2. The smallest absolute Gasteiger partial charge is 0.407 e. The number of aromatic nitrogens is 2. The van der Waals surface area contributed by atoms with Crippen LogP contribution in [0.3, 0.4) is 0 Å². The summed E-state index contributed by atoms with van der Waals surface area (Å²) in [5.41, 5.74) is 31.0. The van der Waals surface area contributed by atoms with Crippen LogP contribution in [0.1, 0.15) is 278 Å². The van der Waals surface area contributed by atoms with Crippen molar-refractivity contribution in [2.24, 2.45) is 56.6 Å². The number of aliphatic imine (C=N–C) groups is 2. The molecule has 0 bridgehead atoms. The van der Waals surface area contributed by atoms with Crippen molar-refractivity contribution in [2.75, 3.05) is 60.5 Å². The van der Waals surface area contributed by atoms with Gasteiger partial charge in [0.1, 0.15) is 49.1 Å². The zero-order chi connectivity index (χ0) is 105. The fourth-order valence-electron chi connectivity index (χ4n) is 15.8. The van der Waals surface area contributed by atoms with Crippen LogP contribution in [0.2, 0.25) is 0 Å². The summed E-state index contributed by atoms with van der Waals surface area (Å²) in [5.74, 6) is -2.12. The molecule has 6 aromatic rings. The van der Waals surface area contributed by atoms with Gasteiger partial charge >= 0.3 is 24.2 Å². The van der Waals surface area contributed by atoms with Gasteiger partial charge in [0.15, 0.2) is 0 Å². The van der Waals surface area contributed by atoms with Crippen LogP contribution in [0.5, 0.6) is 0 Å². The number of benzene rings is 4. The third-order valence-corrected chi connectivity index (χ3v) is 23.4. The molecule has 16 amide bonds. The van der Waals surface area contributed by atoms with Crippen LogP contribution in [-0.2, 0) is 74.1 Å². The Bertz CT molecular complexity index is 5090. The molecule has 144 heavy (non-hydrogen) atoms. The molecule has 0 radical (unpaired) electrons. The summed E-state index contributed by atoms with van der Waals surface area (Å²) < 4.78 is 10.8. The average Bonchev–Trinajstić information content (AvgIpc) is 1.65. The minimum Gasteiger partial charge on any atom is -0.445 e. The average molecular weight is 1990 g/mol. The Morgan fingerprint density at radius 3 is 1.08 bits per heavy atom. The van der Waals surface area contributed by atoms with E-state index in [4.69, 9.17) is 32.4 Å². The minimum atomic E-state index is -1.00. The Labute approximate surface area is 845 Å². The number of ether oxygens (including phenoxy) is 2. The van der Waals surface area contributed by atoms with Crippen LogP contribution >= 0.6 is 0 Å². The number of anilines is 4. The zero-order valence-corrected chi connectivity index (χ0v) is 85.5. The maximum Gasteiger partial charge on any atom is 0.407 e. The van der Waals surface area contributed by atoms with Crippen LogP contribution in [0.25, 0.3) is 12.2 Å². The Morgan fingerprint density at radius 2 is 0.743 bits per heavy atom. The molecule has 2 aliphatic rings. The number of fused-ring (bicyclic) bond motifs is 2. The van der Waals surface area contributed by atoms with Gasteiger partial charge in [-0.25, -0.2) is 29.2 Å². The van der Waals surface area contributed by atoms with Crippen molar-refractivity contribution in [3.8, 4) is 0 Å². The largest absolute Gasteiger partial charge is 0.445 e. The summed E-state index contributed by atoms with van der Waals surface area (Å²) >= 11 is 0. The molecule has 38 nitrogen and oxygen atoms in total. The number of amides is 16. The SMILES string of the molecule is CCCN(CCC)C(=O)C1=Cc2ccc(C(=O)Nc3cncc(CNC(=O)OCc4ccc(NC(=O)C(CCCNC(N)=O)NC(=O)C(NC(=O)CCCCCCC(C)C)C(C)C)cc4)c3)cc2N=C(N)C1.CCCN(CCC)C(=O)C1=Cc2ccc(C(=O)Nc3cncc(CNC(=O)OCc4ccc(NC(=O)[C@H](CCCNC(N)=O)NC(=O)[C@@H](NC(=O)CCCCCCC(C)C)C(C)C)cc4)c3)cc2N=C(N)C1. The number of pyridine rings is 2. The number of nitrogens with zero attached hydrogens (tertiary/aromatic N) is 6. The van der Waals surface area contributed by atoms with Crippen LogP contribution in [0, 0.1) is 23.7 Å². The van der Waals surface area contributed by atoms with Crippen LogP contribution in [0.15, 0.2) is 143 Å². The first-order valence-corrected chi connectivity index (χ1v) is 50.2. The van der Waals surface area contributed by atoms with Gasteiger partial charge in [0.25, 0.3) is 11.8 Å². The standard InChI is InChI=1S/2C53H75N11O8/c2*1-7-24-64(25-8-2)51(69)40-27-38-19-20-39(28-44(38)61-45(54)29-40)48(66)60-42-26-37(30-56-32-42)31-58-53(71)72-33-36-17-21-41(22-18-36)59-49(67)43(15-13-23-57-52(55)70)62-50(68)47(35(5)6)63-46(65)16-12-10-9-11-14-34(3)4/h2*17-22,26-28,30,32,34-35,43,47H,7-16,23-25,29,31,33H2,1-6H3,(H2,54,61)(H,58,71)(H,59,67)(H,60,66)(H,62,68)(H,63,65)(H3,55,57,70)/t43-,47-;/m0./s1. The van der Waals surface area contributed by atoms with Gasteiger partial charge in [0.2, 0.25) is 47.3 Å². The monoisotopic (exact) mass is 1990 g/mol. The number of carbonyl (C=O) groups is 14. The number of nitrogens with two attached hydrogens (primary N) is 4. The maximum atomic E-state index is 13.6. The summed E-state index contributed by atoms with van der Waals surface area (Å²) in [6.45, 7) is 27.0. The third-order valence-electron chi connectivity index (χ3n) is 23.4. The van der Waals surface area contributed by atoms with E-state index in [-0.39, 0.29) is 112 Å². The number of hydrogen-bond acceptors (Lipinski definition) is 22. The minimum absolute atomic E-state index is 0.0495. The lowest BCUT2D eigenvalue weighted by Gasteiger charge is -2.25. The van der Waals surface area contributed by atoms with Gasteiger partial charge < -0.3 is 106 Å². The summed E-state index contributed by atoms with van der Waals surface area (Å²) in [4.78, 5) is 202. The number of primary amides is 2. The van der Waals surface area contributed by atoms with Crippen molar-refractivity contribution in [3.63, 3.8) is 0 Å². The molecule has 0 spiro atoms. The van der Waals surface area contributed by atoms with Crippen molar-refractivity contribution in [1.82, 2.24) is 62.3 Å². The Morgan fingerprint density at radius 1 is 0.382 bits per heavy atom. The molecule has 0 saturated carbocycles. The first-order valence-electron chi connectivity index (χ1n) is 50.2. The molecular formula is C106H150N22O16. The second-order valence-corrected chi connectivity index (χ2v) is 37.6. The first kappa shape index (κ1) is 116. The Hall–Kier alpha value is -14.6. The van der Waals surface area contributed by atoms with Gasteiger partial charge in [0.05, 0.1) is 35.1 Å². The van der Waals surface area contributed by atoms with Crippen LogP contribution in [0.4, 0.5) is 53.3 Å². The van der Waals surface area contributed by atoms with E-state index in [9.17, 15) is 67.1 Å². The van der Waals surface area contributed by atoms with Gasteiger partial charge in [-0.1, -0.05) is 171 Å². The lowest BCUT2D eigenvalue weighted by Crippen LogP contribution is -2.54. The van der Waals surface area contributed by atoms with E-state index in [1.165, 1.54) is 12.4 Å². The van der Waals surface area contributed by atoms with Crippen molar-refractivity contribution < 1.29 is 76.6 Å². The molecule has 0 saturated heterocycles. The zero-order valence-electron chi connectivity index (χ0n) is 85.5. The fourth-order valence-corrected chi connectivity index (χ4v) is 15.8. The van der Waals surface area contributed by atoms with Crippen LogP contribution in [-0.4, -0.2) is 178 Å². The lowest BCUT2D eigenvalue weighted by molar-refractivity contribution is -0.132. The summed E-state index contributed by atoms with van der Waals surface area (Å²) in [6, 6.07) is 21.4. The molecule has 2 unspecified atom stereocenters. The summed E-state index contributed by atoms with van der Waals surface area (Å²) in [5, 5.41) is 32.9. The van der Waals surface area contributed by atoms with Gasteiger partial charge in [-0.05, 0) is 183 Å². The highest BCUT2D eigenvalue weighted by atomic mass is 16.6. The predicted molar refractivity (Wildman–Crippen MR) is 560 cm³/mol. The van der Waals surface area contributed by atoms with Gasteiger partial charge in [-0.3, -0.25) is 57.9 Å². The first-order chi connectivity index (χ1) is 68.9. The van der Waals surface area contributed by atoms with E-state index < -0.39 is 83.9 Å². The molecular weight excluding hydrogens is 1840 g/mol. The second kappa shape index (κ2) is 61.9. The van der Waals surface area contributed by atoms with E-state index in [0.29, 0.717) is 153 Å². The number of unbranched alkanes of at least 4 members (excludes halogenated alkanes) is 6. The topological polar surface area (TPSA) is 563 Å². The highest BCUT2D eigenvalue weighted by molar-refractivity contribution is 6.10. The molecule has 2 aromatic heterocycles. The number of alkyl carbamates (subject to hydrolysis) is 2. The highest BCUT2D eigenvalue weighted by Crippen LogP contribution is 2.32. The predicted octanol–water partition coefficient (Wildman–Crippen LogP) is 14.4. The van der Waals surface area contributed by atoms with Gasteiger partial charge in [-0.15, -0.1) is 0 Å². The quantitative estimate of drug-likeness (QED) is 0.0158. The summed E-state index contributed by atoms with van der Waals surface area (Å²) in [7, 11) is 0. The Balaban J connectivity index is 0.000000391. The Kier molecular flexibility index (Phi) is 50.0. The molecule has 4 heterocycles. The number of rotatable bonds is 56. The van der Waals surface area contributed by atoms with E-state index in [1.54, 1.807) is 122 Å². The molecule has 8 rings (SSSR count). The lowest BCUT2D eigenvalue weighted by atomic mass is 10.0. The number of hydrogen-bond donors (Lipinski definition) is 16. The molecule has 0 aliphatic carbocycles. The van der Waals surface area contributed by atoms with Gasteiger partial charge in [-0.2, -0.15) is 0 Å².